The standard InChI is InChI=1S/C17H23N5O/c1-11-2-3-15-14(8-19-21-15)16(11)17(23)20-13-6-12(7-13)9-22-5-4-18-10-22/h4-5,8,10-13,16H,2-3,6-7,9H2,1H3,(H,19,21)(H,20,23). The SMILES string of the molecule is CC1CCc2[nH]ncc2C1C(=O)NC1CC(Cn2ccnc2)C1. The first-order valence-corrected chi connectivity index (χ1v) is 8.49. The van der Waals surface area contributed by atoms with Crippen LogP contribution in [-0.2, 0) is 17.8 Å². The Bertz CT molecular complexity index is 671. The van der Waals surface area contributed by atoms with Gasteiger partial charge in [-0.05, 0) is 37.5 Å². The van der Waals surface area contributed by atoms with Gasteiger partial charge in [0.15, 0.2) is 0 Å². The number of carbonyl (C=O) groups is 1. The number of H-pyrrole nitrogens is 1. The molecule has 2 unspecified atom stereocenters. The number of rotatable bonds is 4. The lowest BCUT2D eigenvalue weighted by atomic mass is 9.76. The zero-order valence-electron chi connectivity index (χ0n) is 13.4. The van der Waals surface area contributed by atoms with Gasteiger partial charge in [0.2, 0.25) is 5.91 Å². The van der Waals surface area contributed by atoms with Crippen molar-refractivity contribution >= 4 is 5.91 Å². The van der Waals surface area contributed by atoms with Gasteiger partial charge in [-0.2, -0.15) is 5.10 Å². The molecule has 6 heteroatoms. The minimum Gasteiger partial charge on any atom is -0.353 e. The van der Waals surface area contributed by atoms with Gasteiger partial charge in [-0.15, -0.1) is 0 Å². The number of aromatic nitrogens is 4. The van der Waals surface area contributed by atoms with E-state index in [0.29, 0.717) is 17.9 Å². The Morgan fingerprint density at radius 2 is 2.35 bits per heavy atom. The van der Waals surface area contributed by atoms with Gasteiger partial charge < -0.3 is 9.88 Å². The molecular formula is C17H23N5O. The molecule has 2 heterocycles. The quantitative estimate of drug-likeness (QED) is 0.905. The maximum atomic E-state index is 12.7. The lowest BCUT2D eigenvalue weighted by molar-refractivity contribution is -0.125. The fraction of sp³-hybridized carbons (Fsp3) is 0.588. The average molecular weight is 313 g/mol. The van der Waals surface area contributed by atoms with Gasteiger partial charge in [-0.25, -0.2) is 4.98 Å². The molecule has 4 rings (SSSR count). The molecule has 2 aliphatic rings. The largest absolute Gasteiger partial charge is 0.353 e. The van der Waals surface area contributed by atoms with E-state index in [4.69, 9.17) is 0 Å². The zero-order valence-corrected chi connectivity index (χ0v) is 13.4. The molecule has 0 aliphatic heterocycles. The van der Waals surface area contributed by atoms with Crippen LogP contribution in [0.1, 0.15) is 43.4 Å². The highest BCUT2D eigenvalue weighted by Crippen LogP contribution is 2.36. The average Bonchev–Trinajstić information content (AvgIpc) is 3.15. The van der Waals surface area contributed by atoms with E-state index in [9.17, 15) is 4.79 Å². The van der Waals surface area contributed by atoms with Crippen LogP contribution in [0.3, 0.4) is 0 Å². The summed E-state index contributed by atoms with van der Waals surface area (Å²) >= 11 is 0. The minimum absolute atomic E-state index is 0.0507. The van der Waals surface area contributed by atoms with Gasteiger partial charge in [-0.3, -0.25) is 9.89 Å². The highest BCUT2D eigenvalue weighted by molar-refractivity contribution is 5.84. The summed E-state index contributed by atoms with van der Waals surface area (Å²) in [4.78, 5) is 16.8. The fourth-order valence-electron chi connectivity index (χ4n) is 4.02. The predicted molar refractivity (Wildman–Crippen MR) is 85.7 cm³/mol. The Labute approximate surface area is 135 Å². The summed E-state index contributed by atoms with van der Waals surface area (Å²) in [5, 5.41) is 10.4. The molecule has 2 N–H and O–H groups in total. The van der Waals surface area contributed by atoms with Gasteiger partial charge in [0, 0.05) is 36.2 Å². The molecule has 1 fully saturated rings. The second-order valence-electron chi connectivity index (χ2n) is 7.10. The van der Waals surface area contributed by atoms with Gasteiger partial charge in [0.05, 0.1) is 18.4 Å². The number of aromatic amines is 1. The van der Waals surface area contributed by atoms with Crippen LogP contribution >= 0.6 is 0 Å². The molecule has 2 atom stereocenters. The number of hydrogen-bond acceptors (Lipinski definition) is 3. The van der Waals surface area contributed by atoms with E-state index < -0.39 is 0 Å². The maximum absolute atomic E-state index is 12.7. The normalized spacial score (nSPS) is 29.6. The van der Waals surface area contributed by atoms with Crippen LogP contribution in [0.5, 0.6) is 0 Å². The second-order valence-corrected chi connectivity index (χ2v) is 7.10. The van der Waals surface area contributed by atoms with E-state index in [2.05, 4.69) is 32.0 Å². The van der Waals surface area contributed by atoms with Gasteiger partial charge in [0.1, 0.15) is 0 Å². The smallest absolute Gasteiger partial charge is 0.228 e. The van der Waals surface area contributed by atoms with E-state index in [1.807, 2.05) is 24.9 Å². The summed E-state index contributed by atoms with van der Waals surface area (Å²) in [5.74, 6) is 1.14. The van der Waals surface area contributed by atoms with Crippen molar-refractivity contribution < 1.29 is 4.79 Å². The van der Waals surface area contributed by atoms with E-state index in [0.717, 1.165) is 43.5 Å². The molecule has 122 valence electrons. The summed E-state index contributed by atoms with van der Waals surface area (Å²) in [6, 6.07) is 0.320. The van der Waals surface area contributed by atoms with Crippen molar-refractivity contribution in [2.45, 2.75) is 51.1 Å². The first-order chi connectivity index (χ1) is 11.2. The molecule has 0 saturated heterocycles. The van der Waals surface area contributed by atoms with Crippen molar-refractivity contribution in [3.63, 3.8) is 0 Å². The number of fused-ring (bicyclic) bond motifs is 1. The monoisotopic (exact) mass is 313 g/mol. The van der Waals surface area contributed by atoms with Crippen LogP contribution in [0.15, 0.2) is 24.9 Å². The summed E-state index contributed by atoms with van der Waals surface area (Å²) in [6.07, 6.45) is 11.7. The van der Waals surface area contributed by atoms with Crippen LogP contribution in [0.2, 0.25) is 0 Å². The van der Waals surface area contributed by atoms with Crippen LogP contribution in [-0.4, -0.2) is 31.7 Å². The predicted octanol–water partition coefficient (Wildman–Crippen LogP) is 1.87. The maximum Gasteiger partial charge on any atom is 0.228 e. The molecular weight excluding hydrogens is 290 g/mol. The Morgan fingerprint density at radius 3 is 3.13 bits per heavy atom. The van der Waals surface area contributed by atoms with Crippen molar-refractivity contribution in [2.24, 2.45) is 11.8 Å². The van der Waals surface area contributed by atoms with E-state index in [1.54, 1.807) is 0 Å². The third-order valence-corrected chi connectivity index (χ3v) is 5.40. The Morgan fingerprint density at radius 1 is 1.48 bits per heavy atom. The van der Waals surface area contributed by atoms with E-state index in [1.165, 1.54) is 0 Å². The van der Waals surface area contributed by atoms with Crippen LogP contribution in [0, 0.1) is 11.8 Å². The molecule has 2 aliphatic carbocycles. The molecule has 2 aromatic rings. The van der Waals surface area contributed by atoms with Crippen molar-refractivity contribution in [1.82, 2.24) is 25.1 Å². The van der Waals surface area contributed by atoms with Gasteiger partial charge >= 0.3 is 0 Å². The van der Waals surface area contributed by atoms with Crippen molar-refractivity contribution in [3.05, 3.63) is 36.2 Å². The zero-order chi connectivity index (χ0) is 15.8. The summed E-state index contributed by atoms with van der Waals surface area (Å²) in [7, 11) is 0. The Balaban J connectivity index is 1.33. The van der Waals surface area contributed by atoms with E-state index in [-0.39, 0.29) is 11.8 Å². The molecule has 0 aromatic carbocycles. The molecule has 23 heavy (non-hydrogen) atoms. The highest BCUT2D eigenvalue weighted by atomic mass is 16.2. The highest BCUT2D eigenvalue weighted by Gasteiger charge is 2.37. The number of nitrogens with one attached hydrogen (secondary N) is 2. The van der Waals surface area contributed by atoms with Crippen LogP contribution < -0.4 is 5.32 Å². The number of amides is 1. The number of hydrogen-bond donors (Lipinski definition) is 2. The summed E-state index contributed by atoms with van der Waals surface area (Å²) in [5.41, 5.74) is 2.23. The van der Waals surface area contributed by atoms with Crippen molar-refractivity contribution in [2.75, 3.05) is 0 Å². The Hall–Kier alpha value is -2.11. The lowest BCUT2D eigenvalue weighted by Crippen LogP contribution is -2.48. The number of nitrogens with zero attached hydrogens (tertiary/aromatic N) is 3. The molecule has 0 radical (unpaired) electrons. The van der Waals surface area contributed by atoms with Crippen LogP contribution in [0.25, 0.3) is 0 Å². The molecule has 2 aromatic heterocycles. The fourth-order valence-corrected chi connectivity index (χ4v) is 4.02. The number of imidazole rings is 1. The summed E-state index contributed by atoms with van der Waals surface area (Å²) in [6.45, 7) is 3.17. The molecule has 6 nitrogen and oxygen atoms in total. The topological polar surface area (TPSA) is 75.6 Å². The minimum atomic E-state index is -0.0507. The molecule has 0 bridgehead atoms. The first-order valence-electron chi connectivity index (χ1n) is 8.49. The lowest BCUT2D eigenvalue weighted by Gasteiger charge is -2.38. The Kier molecular flexibility index (Phi) is 3.67. The molecule has 0 spiro atoms. The first kappa shape index (κ1) is 14.5. The number of aryl methyl sites for hydroxylation is 1. The molecule has 1 amide bonds. The van der Waals surface area contributed by atoms with Crippen molar-refractivity contribution in [1.29, 1.82) is 0 Å². The summed E-state index contributed by atoms with van der Waals surface area (Å²) < 4.78 is 2.11. The van der Waals surface area contributed by atoms with Gasteiger partial charge in [0.25, 0.3) is 0 Å². The second kappa shape index (κ2) is 5.83. The van der Waals surface area contributed by atoms with E-state index >= 15 is 0 Å². The van der Waals surface area contributed by atoms with Crippen LogP contribution in [0.4, 0.5) is 0 Å². The van der Waals surface area contributed by atoms with Crippen molar-refractivity contribution in [3.8, 4) is 0 Å². The number of carbonyl (C=O) groups excluding carboxylic acids is 1. The molecule has 1 saturated carbocycles. The van der Waals surface area contributed by atoms with Gasteiger partial charge in [-0.1, -0.05) is 6.92 Å². The third-order valence-electron chi connectivity index (χ3n) is 5.40. The third kappa shape index (κ3) is 2.78.